The van der Waals surface area contributed by atoms with Crippen molar-refractivity contribution < 1.29 is 14.3 Å². The molecule has 0 aliphatic rings. The van der Waals surface area contributed by atoms with Gasteiger partial charge < -0.3 is 15.0 Å². The molecule has 0 aromatic heterocycles. The lowest BCUT2D eigenvalue weighted by Gasteiger charge is -2.21. The summed E-state index contributed by atoms with van der Waals surface area (Å²) in [4.78, 5) is 27.1. The second-order valence-corrected chi connectivity index (χ2v) is 8.46. The molecule has 2 rings (SSSR count). The van der Waals surface area contributed by atoms with E-state index >= 15 is 0 Å². The molecule has 162 valence electrons. The van der Waals surface area contributed by atoms with Gasteiger partial charge in [0.05, 0.1) is 0 Å². The van der Waals surface area contributed by atoms with E-state index in [9.17, 15) is 9.59 Å². The van der Waals surface area contributed by atoms with E-state index in [2.05, 4.69) is 48.9 Å². The fourth-order valence-corrected chi connectivity index (χ4v) is 3.59. The molecule has 0 saturated heterocycles. The van der Waals surface area contributed by atoms with E-state index in [4.69, 9.17) is 4.74 Å². The highest BCUT2D eigenvalue weighted by Gasteiger charge is 2.15. The first-order valence-electron chi connectivity index (χ1n) is 10.5. The zero-order valence-corrected chi connectivity index (χ0v) is 19.8. The lowest BCUT2D eigenvalue weighted by Crippen LogP contribution is -2.32. The van der Waals surface area contributed by atoms with Gasteiger partial charge in [0.15, 0.2) is 6.61 Å². The Kier molecular flexibility index (Phi) is 9.37. The number of hydrogen-bond donors (Lipinski definition) is 1. The van der Waals surface area contributed by atoms with Crippen molar-refractivity contribution in [1.29, 1.82) is 0 Å². The van der Waals surface area contributed by atoms with E-state index in [1.807, 2.05) is 23.1 Å². The number of hydrogen-bond acceptors (Lipinski definition) is 3. The highest BCUT2D eigenvalue weighted by atomic mass is 79.9. The van der Waals surface area contributed by atoms with Crippen LogP contribution in [0.4, 0.5) is 5.69 Å². The Hall–Kier alpha value is -2.34. The Balaban J connectivity index is 2.03. The third-order valence-electron chi connectivity index (χ3n) is 4.62. The van der Waals surface area contributed by atoms with Gasteiger partial charge in [0.1, 0.15) is 5.75 Å². The zero-order valence-electron chi connectivity index (χ0n) is 18.2. The monoisotopic (exact) mass is 474 g/mol. The van der Waals surface area contributed by atoms with Crippen molar-refractivity contribution in [2.75, 3.05) is 25.0 Å². The smallest absolute Gasteiger partial charge is 0.262 e. The van der Waals surface area contributed by atoms with Crippen LogP contribution in [-0.2, 0) is 4.79 Å². The van der Waals surface area contributed by atoms with Crippen LogP contribution in [0.1, 0.15) is 62.4 Å². The van der Waals surface area contributed by atoms with Crippen LogP contribution in [0, 0.1) is 0 Å². The number of nitrogens with one attached hydrogen (secondary N) is 1. The Bertz CT molecular complexity index is 861. The third kappa shape index (κ3) is 6.87. The lowest BCUT2D eigenvalue weighted by atomic mass is 10.0. The lowest BCUT2D eigenvalue weighted by molar-refractivity contribution is -0.118. The highest BCUT2D eigenvalue weighted by Crippen LogP contribution is 2.29. The van der Waals surface area contributed by atoms with Crippen LogP contribution in [0.15, 0.2) is 46.9 Å². The third-order valence-corrected chi connectivity index (χ3v) is 5.11. The molecule has 2 aromatic rings. The van der Waals surface area contributed by atoms with Crippen molar-refractivity contribution in [2.45, 2.75) is 46.5 Å². The van der Waals surface area contributed by atoms with Gasteiger partial charge in [-0.3, -0.25) is 9.59 Å². The molecular formula is C24H31BrN2O3. The van der Waals surface area contributed by atoms with E-state index in [-0.39, 0.29) is 24.3 Å². The van der Waals surface area contributed by atoms with Gasteiger partial charge in [-0.05, 0) is 60.7 Å². The summed E-state index contributed by atoms with van der Waals surface area (Å²) in [5.74, 6) is 0.693. The van der Waals surface area contributed by atoms with Gasteiger partial charge in [0.2, 0.25) is 0 Å². The summed E-state index contributed by atoms with van der Waals surface area (Å²) < 4.78 is 6.74. The summed E-state index contributed by atoms with van der Waals surface area (Å²) in [6, 6.07) is 12.8. The minimum Gasteiger partial charge on any atom is -0.483 e. The van der Waals surface area contributed by atoms with E-state index in [1.165, 1.54) is 0 Å². The molecule has 0 heterocycles. The number of carbonyl (C=O) groups is 2. The number of halogens is 1. The number of nitrogens with zero attached hydrogens (tertiary/aromatic N) is 1. The maximum Gasteiger partial charge on any atom is 0.262 e. The van der Waals surface area contributed by atoms with Gasteiger partial charge in [-0.25, -0.2) is 0 Å². The van der Waals surface area contributed by atoms with Gasteiger partial charge in [-0.2, -0.15) is 0 Å². The van der Waals surface area contributed by atoms with Crippen molar-refractivity contribution in [3.8, 4) is 5.75 Å². The van der Waals surface area contributed by atoms with Gasteiger partial charge in [0, 0.05) is 28.8 Å². The van der Waals surface area contributed by atoms with E-state index in [0.717, 1.165) is 36.0 Å². The van der Waals surface area contributed by atoms with Crippen LogP contribution in [0.5, 0.6) is 5.75 Å². The molecule has 0 bridgehead atoms. The molecule has 0 saturated carbocycles. The summed E-state index contributed by atoms with van der Waals surface area (Å²) >= 11 is 3.47. The van der Waals surface area contributed by atoms with Crippen molar-refractivity contribution in [2.24, 2.45) is 0 Å². The van der Waals surface area contributed by atoms with Gasteiger partial charge in [-0.15, -0.1) is 0 Å². The van der Waals surface area contributed by atoms with E-state index in [0.29, 0.717) is 17.0 Å². The molecule has 5 nitrogen and oxygen atoms in total. The molecule has 0 aliphatic carbocycles. The van der Waals surface area contributed by atoms with Crippen molar-refractivity contribution in [3.63, 3.8) is 0 Å². The first-order valence-corrected chi connectivity index (χ1v) is 11.3. The SMILES string of the molecule is CCCN(CCC)C(=O)c1cccc(NC(=O)COc2ccc(Br)cc2C(C)C)c1. The van der Waals surface area contributed by atoms with Crippen LogP contribution in [0.3, 0.4) is 0 Å². The largest absolute Gasteiger partial charge is 0.483 e. The molecule has 0 aliphatic heterocycles. The van der Waals surface area contributed by atoms with Crippen molar-refractivity contribution >= 4 is 33.4 Å². The number of benzene rings is 2. The molecule has 30 heavy (non-hydrogen) atoms. The predicted octanol–water partition coefficient (Wildman–Crippen LogP) is 5.85. The van der Waals surface area contributed by atoms with Gasteiger partial charge in [0.25, 0.3) is 11.8 Å². The molecule has 0 atom stereocenters. The first-order chi connectivity index (χ1) is 14.3. The first kappa shape index (κ1) is 23.9. The van der Waals surface area contributed by atoms with Crippen LogP contribution >= 0.6 is 15.9 Å². The van der Waals surface area contributed by atoms with Crippen molar-refractivity contribution in [3.05, 3.63) is 58.1 Å². The van der Waals surface area contributed by atoms with Gasteiger partial charge >= 0.3 is 0 Å². The summed E-state index contributed by atoms with van der Waals surface area (Å²) in [6.45, 7) is 9.63. The van der Waals surface area contributed by atoms with E-state index in [1.54, 1.807) is 24.3 Å². The molecule has 6 heteroatoms. The molecule has 0 unspecified atom stereocenters. The second-order valence-electron chi connectivity index (χ2n) is 7.55. The summed E-state index contributed by atoms with van der Waals surface area (Å²) in [5.41, 5.74) is 2.20. The van der Waals surface area contributed by atoms with Crippen molar-refractivity contribution in [1.82, 2.24) is 4.90 Å². The Morgan fingerprint density at radius 3 is 2.40 bits per heavy atom. The average molecular weight is 475 g/mol. The van der Waals surface area contributed by atoms with E-state index < -0.39 is 0 Å². The molecule has 2 amide bonds. The standard InChI is InChI=1S/C24H31BrN2O3/c1-5-12-27(13-6-2)24(29)18-8-7-9-20(14-18)26-23(28)16-30-22-11-10-19(25)15-21(22)17(3)4/h7-11,14-15,17H,5-6,12-13,16H2,1-4H3,(H,26,28). The molecule has 0 spiro atoms. The normalized spacial score (nSPS) is 10.7. The minimum absolute atomic E-state index is 0.0116. The zero-order chi connectivity index (χ0) is 22.1. The second kappa shape index (κ2) is 11.7. The molecule has 0 fully saturated rings. The molecule has 2 aromatic carbocycles. The summed E-state index contributed by atoms with van der Waals surface area (Å²) in [5, 5.41) is 2.83. The van der Waals surface area contributed by atoms with Crippen LogP contribution in [-0.4, -0.2) is 36.4 Å². The Labute approximate surface area is 187 Å². The number of ether oxygens (including phenoxy) is 1. The number of anilines is 1. The maximum atomic E-state index is 12.8. The number of carbonyl (C=O) groups excluding carboxylic acids is 2. The predicted molar refractivity (Wildman–Crippen MR) is 125 cm³/mol. The molecular weight excluding hydrogens is 444 g/mol. The van der Waals surface area contributed by atoms with Crippen LogP contribution < -0.4 is 10.1 Å². The topological polar surface area (TPSA) is 58.6 Å². The summed E-state index contributed by atoms with van der Waals surface area (Å²) in [7, 11) is 0. The Morgan fingerprint density at radius 2 is 1.77 bits per heavy atom. The quantitative estimate of drug-likeness (QED) is 0.469. The minimum atomic E-state index is -0.267. The average Bonchev–Trinajstić information content (AvgIpc) is 2.72. The summed E-state index contributed by atoms with van der Waals surface area (Å²) in [6.07, 6.45) is 1.82. The van der Waals surface area contributed by atoms with Crippen LogP contribution in [0.25, 0.3) is 0 Å². The number of amides is 2. The van der Waals surface area contributed by atoms with Crippen LogP contribution in [0.2, 0.25) is 0 Å². The maximum absolute atomic E-state index is 12.8. The van der Waals surface area contributed by atoms with Gasteiger partial charge in [-0.1, -0.05) is 49.7 Å². The fourth-order valence-electron chi connectivity index (χ4n) is 3.21. The highest BCUT2D eigenvalue weighted by molar-refractivity contribution is 9.10. The Morgan fingerprint density at radius 1 is 1.07 bits per heavy atom. The molecule has 0 radical (unpaired) electrons. The fraction of sp³-hybridized carbons (Fsp3) is 0.417. The molecule has 1 N–H and O–H groups in total. The number of rotatable bonds is 10.